The molecule has 0 fully saturated rings. The molecule has 2 nitrogen and oxygen atoms in total. The molecule has 0 radical (unpaired) electrons. The van der Waals surface area contributed by atoms with Gasteiger partial charge in [0, 0.05) is 37.7 Å². The van der Waals surface area contributed by atoms with Gasteiger partial charge in [0.1, 0.15) is 0 Å². The molecule has 2 rings (SSSR count). The molecule has 0 aliphatic carbocycles. The molecule has 0 saturated heterocycles. The summed E-state index contributed by atoms with van der Waals surface area (Å²) in [5, 5.41) is 4.80. The third-order valence-corrected chi connectivity index (χ3v) is 4.44. The molecular weight excluding hydrogens is 375 g/mol. The van der Waals surface area contributed by atoms with Crippen molar-refractivity contribution in [1.29, 1.82) is 0 Å². The van der Waals surface area contributed by atoms with Crippen molar-refractivity contribution < 1.29 is 20.4 Å². The minimum Gasteiger partial charge on any atom is -0.266 e. The molecule has 1 aromatic carbocycles. The van der Waals surface area contributed by atoms with Gasteiger partial charge < -0.3 is 0 Å². The number of rotatable bonds is 4. The van der Waals surface area contributed by atoms with Crippen molar-refractivity contribution in [3.8, 4) is 11.1 Å². The summed E-state index contributed by atoms with van der Waals surface area (Å²) in [6, 6.07) is 7.14. The molecule has 0 N–H and O–H groups in total. The maximum absolute atomic E-state index is 4.80. The van der Waals surface area contributed by atoms with Crippen molar-refractivity contribution in [2.75, 3.05) is 0 Å². The third-order valence-electron chi connectivity index (χ3n) is 4.44. The molecule has 0 bridgehead atoms. The van der Waals surface area contributed by atoms with E-state index >= 15 is 0 Å². The van der Waals surface area contributed by atoms with Crippen molar-refractivity contribution in [1.82, 2.24) is 9.78 Å². The Bertz CT molecular complexity index is 640. The van der Waals surface area contributed by atoms with Crippen LogP contribution in [0.2, 0.25) is 0 Å². The Balaban J connectivity index is 0.00000264. The summed E-state index contributed by atoms with van der Waals surface area (Å²) >= 11 is 0. The predicted molar refractivity (Wildman–Crippen MR) is 95.7 cm³/mol. The average Bonchev–Trinajstić information content (AvgIpc) is 2.73. The SMILES string of the molecule is Cc1nn(C(C)C)c(C)c1-c1c(C(C)C)cccc1C(C)C.[Pd]. The fourth-order valence-corrected chi connectivity index (χ4v) is 3.37. The Morgan fingerprint density at radius 2 is 1.30 bits per heavy atom. The standard InChI is InChI=1S/C20H30N2.Pd/c1-12(2)17-10-9-11-18(13(3)4)20(17)19-15(7)21-22(14(5)6)16(19)8;/h9-14H,1-8H3;. The Morgan fingerprint density at radius 1 is 0.826 bits per heavy atom. The molecule has 3 heteroatoms. The zero-order chi connectivity index (χ0) is 16.6. The van der Waals surface area contributed by atoms with Crippen LogP contribution in [-0.2, 0) is 20.4 Å². The van der Waals surface area contributed by atoms with Crippen LogP contribution in [0, 0.1) is 13.8 Å². The molecule has 0 unspecified atom stereocenters. The number of hydrogen-bond acceptors (Lipinski definition) is 1. The van der Waals surface area contributed by atoms with E-state index in [1.54, 1.807) is 0 Å². The van der Waals surface area contributed by atoms with Crippen LogP contribution in [0.1, 0.15) is 81.9 Å². The first-order valence-electron chi connectivity index (χ1n) is 8.44. The molecular formula is C20H30N2Pd. The largest absolute Gasteiger partial charge is 0.266 e. The summed E-state index contributed by atoms with van der Waals surface area (Å²) in [6.45, 7) is 17.8. The summed E-state index contributed by atoms with van der Waals surface area (Å²) in [5.41, 5.74) is 8.03. The maximum atomic E-state index is 4.80. The maximum Gasteiger partial charge on any atom is 0.0675 e. The van der Waals surface area contributed by atoms with Crippen molar-refractivity contribution >= 4 is 0 Å². The van der Waals surface area contributed by atoms with E-state index in [1.165, 1.54) is 27.9 Å². The van der Waals surface area contributed by atoms with Crippen molar-refractivity contribution in [2.24, 2.45) is 0 Å². The van der Waals surface area contributed by atoms with Crippen LogP contribution in [0.5, 0.6) is 0 Å². The van der Waals surface area contributed by atoms with Gasteiger partial charge in [-0.1, -0.05) is 45.9 Å². The fourth-order valence-electron chi connectivity index (χ4n) is 3.37. The van der Waals surface area contributed by atoms with E-state index in [9.17, 15) is 0 Å². The number of nitrogens with zero attached hydrogens (tertiary/aromatic N) is 2. The second kappa shape index (κ2) is 7.78. The summed E-state index contributed by atoms with van der Waals surface area (Å²) in [6.07, 6.45) is 0. The van der Waals surface area contributed by atoms with E-state index in [1.807, 2.05) is 0 Å². The molecule has 23 heavy (non-hydrogen) atoms. The summed E-state index contributed by atoms with van der Waals surface area (Å²) in [4.78, 5) is 0. The van der Waals surface area contributed by atoms with E-state index in [0.29, 0.717) is 17.9 Å². The van der Waals surface area contributed by atoms with Gasteiger partial charge in [-0.15, -0.1) is 0 Å². The Kier molecular flexibility index (Phi) is 6.81. The normalized spacial score (nSPS) is 11.4. The minimum absolute atomic E-state index is 0. The van der Waals surface area contributed by atoms with Crippen LogP contribution < -0.4 is 0 Å². The third kappa shape index (κ3) is 3.78. The van der Waals surface area contributed by atoms with Gasteiger partial charge >= 0.3 is 0 Å². The van der Waals surface area contributed by atoms with Gasteiger partial charge in [0.2, 0.25) is 0 Å². The van der Waals surface area contributed by atoms with Crippen LogP contribution >= 0.6 is 0 Å². The number of benzene rings is 1. The smallest absolute Gasteiger partial charge is 0.0675 e. The topological polar surface area (TPSA) is 17.8 Å². The molecule has 0 aliphatic heterocycles. The second-order valence-corrected chi connectivity index (χ2v) is 7.21. The van der Waals surface area contributed by atoms with Crippen molar-refractivity contribution in [3.05, 3.63) is 40.7 Å². The average molecular weight is 405 g/mol. The van der Waals surface area contributed by atoms with Gasteiger partial charge in [0.05, 0.1) is 5.69 Å². The number of aromatic nitrogens is 2. The molecule has 0 amide bonds. The monoisotopic (exact) mass is 404 g/mol. The number of hydrogen-bond donors (Lipinski definition) is 0. The zero-order valence-electron chi connectivity index (χ0n) is 15.7. The zero-order valence-corrected chi connectivity index (χ0v) is 17.2. The second-order valence-electron chi connectivity index (χ2n) is 7.21. The quantitative estimate of drug-likeness (QED) is 0.572. The van der Waals surface area contributed by atoms with E-state index in [2.05, 4.69) is 78.3 Å². The molecule has 1 aromatic heterocycles. The van der Waals surface area contributed by atoms with E-state index in [-0.39, 0.29) is 20.4 Å². The van der Waals surface area contributed by atoms with Gasteiger partial charge in [-0.25, -0.2) is 0 Å². The first-order chi connectivity index (χ1) is 10.3. The van der Waals surface area contributed by atoms with Gasteiger partial charge in [-0.2, -0.15) is 5.10 Å². The molecule has 2 aromatic rings. The molecule has 0 atom stereocenters. The van der Waals surface area contributed by atoms with Crippen LogP contribution in [0.3, 0.4) is 0 Å². The number of aryl methyl sites for hydroxylation is 1. The minimum atomic E-state index is 0. The van der Waals surface area contributed by atoms with E-state index in [0.717, 1.165) is 5.69 Å². The molecule has 0 aliphatic rings. The Hall–Kier alpha value is -0.908. The van der Waals surface area contributed by atoms with E-state index in [4.69, 9.17) is 5.10 Å². The first kappa shape index (κ1) is 20.1. The van der Waals surface area contributed by atoms with Crippen LogP contribution in [0.4, 0.5) is 0 Å². The molecule has 130 valence electrons. The predicted octanol–water partition coefficient (Wildman–Crippen LogP) is 5.99. The van der Waals surface area contributed by atoms with Gasteiger partial charge in [0.25, 0.3) is 0 Å². The molecule has 0 saturated carbocycles. The molecule has 0 spiro atoms. The Labute approximate surface area is 155 Å². The first-order valence-corrected chi connectivity index (χ1v) is 8.44. The van der Waals surface area contributed by atoms with Crippen LogP contribution in [0.25, 0.3) is 11.1 Å². The van der Waals surface area contributed by atoms with Crippen molar-refractivity contribution in [3.63, 3.8) is 0 Å². The summed E-state index contributed by atoms with van der Waals surface area (Å²) in [5.74, 6) is 1.02. The van der Waals surface area contributed by atoms with Gasteiger partial charge in [-0.05, 0) is 56.2 Å². The van der Waals surface area contributed by atoms with Crippen molar-refractivity contribution in [2.45, 2.75) is 73.3 Å². The van der Waals surface area contributed by atoms with E-state index < -0.39 is 0 Å². The fraction of sp³-hybridized carbons (Fsp3) is 0.550. The van der Waals surface area contributed by atoms with Crippen LogP contribution in [0.15, 0.2) is 18.2 Å². The Morgan fingerprint density at radius 3 is 1.65 bits per heavy atom. The van der Waals surface area contributed by atoms with Gasteiger partial charge in [0.15, 0.2) is 0 Å². The summed E-state index contributed by atoms with van der Waals surface area (Å²) < 4.78 is 2.16. The van der Waals surface area contributed by atoms with Crippen LogP contribution in [-0.4, -0.2) is 9.78 Å². The summed E-state index contributed by atoms with van der Waals surface area (Å²) in [7, 11) is 0. The molecule has 1 heterocycles. The van der Waals surface area contributed by atoms with Gasteiger partial charge in [-0.3, -0.25) is 4.68 Å².